The van der Waals surface area contributed by atoms with Gasteiger partial charge in [0.2, 0.25) is 5.91 Å². The maximum atomic E-state index is 12.7. The summed E-state index contributed by atoms with van der Waals surface area (Å²) >= 11 is 3.31. The van der Waals surface area contributed by atoms with Crippen LogP contribution in [0.15, 0.2) is 11.6 Å². The van der Waals surface area contributed by atoms with Crippen LogP contribution in [0.5, 0.6) is 0 Å². The van der Waals surface area contributed by atoms with Crippen LogP contribution in [-0.2, 0) is 11.2 Å². The molecule has 0 aromatic carbocycles. The van der Waals surface area contributed by atoms with Crippen molar-refractivity contribution in [2.24, 2.45) is 0 Å². The van der Waals surface area contributed by atoms with Crippen LogP contribution in [0.1, 0.15) is 45.9 Å². The van der Waals surface area contributed by atoms with Crippen LogP contribution in [-0.4, -0.2) is 27.3 Å². The summed E-state index contributed by atoms with van der Waals surface area (Å²) in [7, 11) is 0. The van der Waals surface area contributed by atoms with E-state index in [2.05, 4.69) is 9.97 Å². The average Bonchev–Trinajstić information content (AvgIpc) is 3.09. The van der Waals surface area contributed by atoms with E-state index in [-0.39, 0.29) is 11.9 Å². The normalized spacial score (nSPS) is 19.0. The minimum absolute atomic E-state index is 0.159. The molecule has 1 aliphatic rings. The highest BCUT2D eigenvalue weighted by Crippen LogP contribution is 2.32. The minimum Gasteiger partial charge on any atom is -0.333 e. The Kier molecular flexibility index (Phi) is 4.35. The molecule has 0 bridgehead atoms. The highest BCUT2D eigenvalue weighted by atomic mass is 32.1. The Balaban J connectivity index is 1.77. The number of piperidine rings is 1. The maximum Gasteiger partial charge on any atom is 0.229 e. The van der Waals surface area contributed by atoms with Crippen molar-refractivity contribution < 1.29 is 4.79 Å². The van der Waals surface area contributed by atoms with Crippen molar-refractivity contribution in [3.8, 4) is 0 Å². The Bertz CT molecular complexity index is 621. The summed E-state index contributed by atoms with van der Waals surface area (Å²) in [6.45, 7) is 4.87. The topological polar surface area (TPSA) is 46.1 Å². The van der Waals surface area contributed by atoms with Crippen molar-refractivity contribution >= 4 is 28.6 Å². The van der Waals surface area contributed by atoms with E-state index < -0.39 is 0 Å². The number of hydrogen-bond donors (Lipinski definition) is 0. The first-order valence-corrected chi connectivity index (χ1v) is 8.96. The van der Waals surface area contributed by atoms with Gasteiger partial charge in [0.1, 0.15) is 5.01 Å². The van der Waals surface area contributed by atoms with E-state index >= 15 is 0 Å². The molecule has 1 amide bonds. The zero-order valence-electron chi connectivity index (χ0n) is 12.3. The summed E-state index contributed by atoms with van der Waals surface area (Å²) < 4.78 is 0. The van der Waals surface area contributed by atoms with Crippen molar-refractivity contribution in [1.29, 1.82) is 0 Å². The third kappa shape index (κ3) is 3.16. The van der Waals surface area contributed by atoms with Crippen molar-refractivity contribution in [2.75, 3.05) is 6.54 Å². The lowest BCUT2D eigenvalue weighted by Gasteiger charge is -2.34. The van der Waals surface area contributed by atoms with E-state index in [0.29, 0.717) is 6.42 Å². The van der Waals surface area contributed by atoms with Crippen molar-refractivity contribution in [3.63, 3.8) is 0 Å². The monoisotopic (exact) mass is 321 g/mol. The molecule has 112 valence electrons. The van der Waals surface area contributed by atoms with Crippen LogP contribution >= 0.6 is 22.7 Å². The lowest BCUT2D eigenvalue weighted by molar-refractivity contribution is -0.134. The van der Waals surface area contributed by atoms with Gasteiger partial charge in [-0.25, -0.2) is 9.97 Å². The van der Waals surface area contributed by atoms with Crippen molar-refractivity contribution in [2.45, 2.75) is 45.6 Å². The number of aryl methyl sites for hydroxylation is 2. The second kappa shape index (κ2) is 6.23. The third-order valence-corrected chi connectivity index (χ3v) is 5.68. The van der Waals surface area contributed by atoms with E-state index in [4.69, 9.17) is 0 Å². The molecule has 0 radical (unpaired) electrons. The van der Waals surface area contributed by atoms with Gasteiger partial charge >= 0.3 is 0 Å². The molecule has 21 heavy (non-hydrogen) atoms. The number of rotatable bonds is 3. The molecule has 0 saturated carbocycles. The van der Waals surface area contributed by atoms with Crippen LogP contribution in [0.4, 0.5) is 0 Å². The minimum atomic E-state index is 0.159. The molecular formula is C15H19N3OS2. The molecular weight excluding hydrogens is 302 g/mol. The molecule has 3 heterocycles. The lowest BCUT2D eigenvalue weighted by Crippen LogP contribution is -2.39. The van der Waals surface area contributed by atoms with E-state index in [1.165, 1.54) is 6.42 Å². The fourth-order valence-electron chi connectivity index (χ4n) is 2.87. The quantitative estimate of drug-likeness (QED) is 0.869. The van der Waals surface area contributed by atoms with Gasteiger partial charge in [-0.15, -0.1) is 22.7 Å². The number of carbonyl (C=O) groups excluding carboxylic acids is 1. The molecule has 0 spiro atoms. The number of hydrogen-bond acceptors (Lipinski definition) is 5. The zero-order chi connectivity index (χ0) is 14.8. The Hall–Kier alpha value is -1.27. The van der Waals surface area contributed by atoms with Gasteiger partial charge < -0.3 is 4.90 Å². The van der Waals surface area contributed by atoms with E-state index in [1.54, 1.807) is 22.7 Å². The predicted molar refractivity (Wildman–Crippen MR) is 85.7 cm³/mol. The fourth-order valence-corrected chi connectivity index (χ4v) is 4.49. The first-order chi connectivity index (χ1) is 10.1. The summed E-state index contributed by atoms with van der Waals surface area (Å²) in [6.07, 6.45) is 5.52. The van der Waals surface area contributed by atoms with Crippen molar-refractivity contribution in [1.82, 2.24) is 14.9 Å². The first-order valence-electron chi connectivity index (χ1n) is 7.27. The highest BCUT2D eigenvalue weighted by molar-refractivity contribution is 7.11. The molecule has 2 aromatic heterocycles. The molecule has 1 aliphatic heterocycles. The number of likely N-dealkylation sites (tertiary alicyclic amines) is 1. The largest absolute Gasteiger partial charge is 0.333 e. The smallest absolute Gasteiger partial charge is 0.229 e. The summed E-state index contributed by atoms with van der Waals surface area (Å²) in [5.74, 6) is 0.184. The zero-order valence-corrected chi connectivity index (χ0v) is 14.0. The molecule has 6 heteroatoms. The molecule has 0 N–H and O–H groups in total. The molecule has 2 aromatic rings. The standard InChI is InChI=1S/C15H19N3OS2/c1-10-12(17-11(2)21-10)9-14(19)18-7-4-3-5-13(18)15-16-6-8-20-15/h6,8,13H,3-5,7,9H2,1-2H3/t13-/m1/s1. The van der Waals surface area contributed by atoms with E-state index in [0.717, 1.165) is 40.0 Å². The van der Waals surface area contributed by atoms with E-state index in [9.17, 15) is 4.79 Å². The first kappa shape index (κ1) is 14.7. The number of amides is 1. The summed E-state index contributed by atoms with van der Waals surface area (Å²) in [5, 5.41) is 4.08. The van der Waals surface area contributed by atoms with Crippen LogP contribution in [0.3, 0.4) is 0 Å². The third-order valence-electron chi connectivity index (χ3n) is 3.88. The molecule has 1 fully saturated rings. The van der Waals surface area contributed by atoms with Crippen LogP contribution in [0.25, 0.3) is 0 Å². The van der Waals surface area contributed by atoms with Gasteiger partial charge in [-0.2, -0.15) is 0 Å². The second-order valence-electron chi connectivity index (χ2n) is 5.38. The number of thiazole rings is 2. The summed E-state index contributed by atoms with van der Waals surface area (Å²) in [5.41, 5.74) is 0.936. The van der Waals surface area contributed by atoms with Crippen LogP contribution in [0.2, 0.25) is 0 Å². The molecule has 0 unspecified atom stereocenters. The summed E-state index contributed by atoms with van der Waals surface area (Å²) in [6, 6.07) is 0.159. The Labute approximate surface area is 132 Å². The van der Waals surface area contributed by atoms with Crippen molar-refractivity contribution in [3.05, 3.63) is 32.2 Å². The molecule has 0 aliphatic carbocycles. The summed E-state index contributed by atoms with van der Waals surface area (Å²) in [4.78, 5) is 24.8. The number of nitrogens with zero attached hydrogens (tertiary/aromatic N) is 3. The van der Waals surface area contributed by atoms with Gasteiger partial charge in [-0.05, 0) is 33.1 Å². The average molecular weight is 321 g/mol. The number of carbonyl (C=O) groups is 1. The van der Waals surface area contributed by atoms with Gasteiger partial charge in [0.25, 0.3) is 0 Å². The van der Waals surface area contributed by atoms with Crippen LogP contribution in [0, 0.1) is 13.8 Å². The van der Waals surface area contributed by atoms with Gasteiger partial charge in [-0.1, -0.05) is 0 Å². The van der Waals surface area contributed by atoms with Crippen LogP contribution < -0.4 is 0 Å². The van der Waals surface area contributed by atoms with Gasteiger partial charge in [0.05, 0.1) is 23.2 Å². The highest BCUT2D eigenvalue weighted by Gasteiger charge is 2.30. The van der Waals surface area contributed by atoms with Gasteiger partial charge in [-0.3, -0.25) is 4.79 Å². The van der Waals surface area contributed by atoms with E-state index in [1.807, 2.05) is 30.3 Å². The molecule has 4 nitrogen and oxygen atoms in total. The predicted octanol–water partition coefficient (Wildman–Crippen LogP) is 3.51. The molecule has 1 saturated heterocycles. The Morgan fingerprint density at radius 2 is 2.29 bits per heavy atom. The SMILES string of the molecule is Cc1nc(CC(=O)N2CCCC[C@@H]2c2nccs2)c(C)s1. The van der Waals surface area contributed by atoms with Gasteiger partial charge in [0.15, 0.2) is 0 Å². The Morgan fingerprint density at radius 3 is 2.95 bits per heavy atom. The molecule has 1 atom stereocenters. The lowest BCUT2D eigenvalue weighted by atomic mass is 10.0. The molecule has 3 rings (SSSR count). The van der Waals surface area contributed by atoms with Gasteiger partial charge in [0, 0.05) is 23.0 Å². The second-order valence-corrected chi connectivity index (χ2v) is 7.72. The Morgan fingerprint density at radius 1 is 1.43 bits per heavy atom. The maximum absolute atomic E-state index is 12.7. The fraction of sp³-hybridized carbons (Fsp3) is 0.533. The number of aromatic nitrogens is 2.